The van der Waals surface area contributed by atoms with Crippen molar-refractivity contribution in [3.63, 3.8) is 0 Å². The highest BCUT2D eigenvalue weighted by Gasteiger charge is 2.19. The minimum atomic E-state index is 0.222. The molecule has 1 saturated heterocycles. The van der Waals surface area contributed by atoms with E-state index >= 15 is 0 Å². The molecule has 10 heavy (non-hydrogen) atoms. The fraction of sp³-hybridized carbons (Fsp3) is 1.00. The summed E-state index contributed by atoms with van der Waals surface area (Å²) in [6.45, 7) is 1.18. The van der Waals surface area contributed by atoms with Crippen LogP contribution in [0.5, 0.6) is 0 Å². The normalized spacial score (nSPS) is 34.2. The van der Waals surface area contributed by atoms with E-state index in [0.717, 1.165) is 19.4 Å². The van der Waals surface area contributed by atoms with E-state index in [1.54, 1.807) is 7.11 Å². The summed E-state index contributed by atoms with van der Waals surface area (Å²) >= 11 is 0. The Hall–Kier alpha value is -0.120. The minimum Gasteiger partial charge on any atom is -0.395 e. The zero-order valence-electron chi connectivity index (χ0n) is 6.34. The van der Waals surface area contributed by atoms with E-state index in [1.807, 2.05) is 0 Å². The zero-order chi connectivity index (χ0) is 7.40. The maximum atomic E-state index is 8.79. The second-order valence-corrected chi connectivity index (χ2v) is 2.72. The molecule has 0 saturated carbocycles. The Morgan fingerprint density at radius 3 is 3.10 bits per heavy atom. The lowest BCUT2D eigenvalue weighted by atomic mass is 10.0. The molecule has 0 aromatic rings. The van der Waals surface area contributed by atoms with Crippen LogP contribution in [-0.2, 0) is 4.74 Å². The van der Waals surface area contributed by atoms with Gasteiger partial charge in [-0.15, -0.1) is 0 Å². The molecule has 1 heterocycles. The Kier molecular flexibility index (Phi) is 3.12. The van der Waals surface area contributed by atoms with Gasteiger partial charge in [0.1, 0.15) is 0 Å². The van der Waals surface area contributed by atoms with E-state index in [9.17, 15) is 0 Å². The summed E-state index contributed by atoms with van der Waals surface area (Å²) in [7, 11) is 1.73. The van der Waals surface area contributed by atoms with Crippen molar-refractivity contribution in [3.05, 3.63) is 0 Å². The molecule has 1 aliphatic rings. The molecule has 1 fully saturated rings. The monoisotopic (exact) mass is 145 g/mol. The first-order valence-electron chi connectivity index (χ1n) is 3.74. The predicted molar refractivity (Wildman–Crippen MR) is 38.9 cm³/mol. The maximum absolute atomic E-state index is 8.79. The molecule has 0 spiro atoms. The van der Waals surface area contributed by atoms with Crippen LogP contribution in [0, 0.1) is 0 Å². The number of aliphatic hydroxyl groups excluding tert-OH is 1. The van der Waals surface area contributed by atoms with Crippen LogP contribution >= 0.6 is 0 Å². The average molecular weight is 145 g/mol. The lowest BCUT2D eigenvalue weighted by Gasteiger charge is -2.27. The third-order valence-corrected chi connectivity index (χ3v) is 2.00. The first-order chi connectivity index (χ1) is 4.86. The average Bonchev–Trinajstić information content (AvgIpc) is 2.05. The van der Waals surface area contributed by atoms with Crippen molar-refractivity contribution in [2.24, 2.45) is 0 Å². The van der Waals surface area contributed by atoms with Gasteiger partial charge in [0.2, 0.25) is 0 Å². The van der Waals surface area contributed by atoms with Crippen LogP contribution in [0.2, 0.25) is 0 Å². The lowest BCUT2D eigenvalue weighted by Crippen LogP contribution is -2.42. The fourth-order valence-corrected chi connectivity index (χ4v) is 1.32. The number of nitrogens with one attached hydrogen (secondary N) is 1. The van der Waals surface area contributed by atoms with Crippen molar-refractivity contribution in [1.29, 1.82) is 0 Å². The van der Waals surface area contributed by atoms with E-state index in [4.69, 9.17) is 9.84 Å². The van der Waals surface area contributed by atoms with Gasteiger partial charge in [-0.3, -0.25) is 0 Å². The van der Waals surface area contributed by atoms with E-state index in [2.05, 4.69) is 5.32 Å². The van der Waals surface area contributed by atoms with Gasteiger partial charge in [-0.2, -0.15) is 0 Å². The Balaban J connectivity index is 2.25. The number of piperidine rings is 1. The van der Waals surface area contributed by atoms with E-state index in [0.29, 0.717) is 6.10 Å². The number of methoxy groups -OCH3 is 1. The maximum Gasteiger partial charge on any atom is 0.0599 e. The van der Waals surface area contributed by atoms with Crippen molar-refractivity contribution < 1.29 is 9.84 Å². The molecule has 60 valence electrons. The van der Waals surface area contributed by atoms with Crippen LogP contribution in [0.25, 0.3) is 0 Å². The van der Waals surface area contributed by atoms with Crippen LogP contribution in [0.15, 0.2) is 0 Å². The molecule has 0 aliphatic carbocycles. The highest BCUT2D eigenvalue weighted by atomic mass is 16.5. The lowest BCUT2D eigenvalue weighted by molar-refractivity contribution is 0.0509. The zero-order valence-corrected chi connectivity index (χ0v) is 6.34. The molecular formula is C7H15NO2. The van der Waals surface area contributed by atoms with Gasteiger partial charge in [0, 0.05) is 13.2 Å². The number of ether oxygens (including phenoxy) is 1. The molecule has 1 aliphatic heterocycles. The van der Waals surface area contributed by atoms with Crippen LogP contribution in [0.3, 0.4) is 0 Å². The Morgan fingerprint density at radius 1 is 1.70 bits per heavy atom. The summed E-state index contributed by atoms with van der Waals surface area (Å²) in [5, 5.41) is 12.0. The second kappa shape index (κ2) is 3.91. The molecule has 2 unspecified atom stereocenters. The molecule has 3 nitrogen and oxygen atoms in total. The molecular weight excluding hydrogens is 130 g/mol. The molecule has 0 aromatic heterocycles. The summed E-state index contributed by atoms with van der Waals surface area (Å²) in [5.74, 6) is 0. The minimum absolute atomic E-state index is 0.222. The van der Waals surface area contributed by atoms with Gasteiger partial charge in [0.15, 0.2) is 0 Å². The first kappa shape index (κ1) is 7.98. The SMILES string of the molecule is COC1CCNC(CO)C1. The number of hydrogen-bond acceptors (Lipinski definition) is 3. The Bertz CT molecular complexity index is 87.6. The van der Waals surface area contributed by atoms with Gasteiger partial charge in [-0.25, -0.2) is 0 Å². The Labute approximate surface area is 61.4 Å². The van der Waals surface area contributed by atoms with Crippen molar-refractivity contribution >= 4 is 0 Å². The van der Waals surface area contributed by atoms with Crippen molar-refractivity contribution in [2.75, 3.05) is 20.3 Å². The molecule has 0 bridgehead atoms. The molecule has 0 radical (unpaired) electrons. The quantitative estimate of drug-likeness (QED) is 0.563. The highest BCUT2D eigenvalue weighted by Crippen LogP contribution is 2.10. The summed E-state index contributed by atoms with van der Waals surface area (Å²) < 4.78 is 5.17. The topological polar surface area (TPSA) is 41.5 Å². The third-order valence-electron chi connectivity index (χ3n) is 2.00. The molecule has 2 atom stereocenters. The molecule has 3 heteroatoms. The highest BCUT2D eigenvalue weighted by molar-refractivity contribution is 4.77. The van der Waals surface area contributed by atoms with Crippen LogP contribution < -0.4 is 5.32 Å². The Morgan fingerprint density at radius 2 is 2.50 bits per heavy atom. The molecule has 0 amide bonds. The van der Waals surface area contributed by atoms with Crippen LogP contribution in [0.4, 0.5) is 0 Å². The largest absolute Gasteiger partial charge is 0.395 e. The van der Waals surface area contributed by atoms with E-state index in [-0.39, 0.29) is 12.6 Å². The summed E-state index contributed by atoms with van der Waals surface area (Å²) in [6, 6.07) is 0.249. The van der Waals surface area contributed by atoms with Gasteiger partial charge in [0.05, 0.1) is 12.7 Å². The van der Waals surface area contributed by atoms with Gasteiger partial charge >= 0.3 is 0 Å². The van der Waals surface area contributed by atoms with Crippen molar-refractivity contribution in [2.45, 2.75) is 25.0 Å². The van der Waals surface area contributed by atoms with Crippen LogP contribution in [0.1, 0.15) is 12.8 Å². The number of hydrogen-bond donors (Lipinski definition) is 2. The van der Waals surface area contributed by atoms with Crippen LogP contribution in [-0.4, -0.2) is 37.5 Å². The smallest absolute Gasteiger partial charge is 0.0599 e. The molecule has 1 rings (SSSR count). The van der Waals surface area contributed by atoms with Gasteiger partial charge < -0.3 is 15.2 Å². The number of aliphatic hydroxyl groups is 1. The van der Waals surface area contributed by atoms with Gasteiger partial charge in [-0.1, -0.05) is 0 Å². The molecule has 0 aromatic carbocycles. The predicted octanol–water partition coefficient (Wildman–Crippen LogP) is -0.254. The van der Waals surface area contributed by atoms with Gasteiger partial charge in [0.25, 0.3) is 0 Å². The fourth-order valence-electron chi connectivity index (χ4n) is 1.32. The molecule has 2 N–H and O–H groups in total. The van der Waals surface area contributed by atoms with E-state index < -0.39 is 0 Å². The first-order valence-corrected chi connectivity index (χ1v) is 3.74. The third kappa shape index (κ3) is 1.94. The second-order valence-electron chi connectivity index (χ2n) is 2.72. The summed E-state index contributed by atoms with van der Waals surface area (Å²) in [6.07, 6.45) is 2.35. The standard InChI is InChI=1S/C7H15NO2/c1-10-7-2-3-8-6(4-7)5-9/h6-9H,2-5H2,1H3. The van der Waals surface area contributed by atoms with Gasteiger partial charge in [-0.05, 0) is 19.4 Å². The van der Waals surface area contributed by atoms with E-state index in [1.165, 1.54) is 0 Å². The van der Waals surface area contributed by atoms with Crippen molar-refractivity contribution in [3.8, 4) is 0 Å². The summed E-state index contributed by atoms with van der Waals surface area (Å²) in [4.78, 5) is 0. The summed E-state index contributed by atoms with van der Waals surface area (Å²) in [5.41, 5.74) is 0. The number of rotatable bonds is 2. The van der Waals surface area contributed by atoms with Crippen molar-refractivity contribution in [1.82, 2.24) is 5.32 Å².